The summed E-state index contributed by atoms with van der Waals surface area (Å²) >= 11 is 1.90. The van der Waals surface area contributed by atoms with Gasteiger partial charge in [0.1, 0.15) is 0 Å². The van der Waals surface area contributed by atoms with E-state index in [1.54, 1.807) is 0 Å². The van der Waals surface area contributed by atoms with Gasteiger partial charge >= 0.3 is 0 Å². The maximum atomic E-state index is 2.41. The topological polar surface area (TPSA) is 3.24 Å². The molecule has 7 aromatic carbocycles. The van der Waals surface area contributed by atoms with E-state index in [1.165, 1.54) is 70.0 Å². The van der Waals surface area contributed by atoms with Crippen LogP contribution in [0, 0.1) is 0 Å². The Hall–Kier alpha value is -5.18. The molecule has 0 unspecified atom stereocenters. The molecule has 1 aromatic heterocycles. The molecule has 9 rings (SSSR count). The highest BCUT2D eigenvalue weighted by Gasteiger charge is 2.36. The molecule has 214 valence electrons. The molecule has 0 saturated heterocycles. The van der Waals surface area contributed by atoms with Crippen LogP contribution in [-0.4, -0.2) is 0 Å². The summed E-state index contributed by atoms with van der Waals surface area (Å²) in [5.74, 6) is 0. The van der Waals surface area contributed by atoms with Crippen LogP contribution in [0.15, 0.2) is 152 Å². The zero-order chi connectivity index (χ0) is 30.1. The second kappa shape index (κ2) is 9.92. The number of rotatable bonds is 4. The maximum absolute atomic E-state index is 2.41. The molecule has 0 amide bonds. The van der Waals surface area contributed by atoms with Crippen molar-refractivity contribution in [3.63, 3.8) is 0 Å². The van der Waals surface area contributed by atoms with Crippen LogP contribution in [0.1, 0.15) is 25.0 Å². The van der Waals surface area contributed by atoms with E-state index < -0.39 is 0 Å². The maximum Gasteiger partial charge on any atom is 0.0640 e. The first kappa shape index (κ1) is 26.2. The lowest BCUT2D eigenvalue weighted by Gasteiger charge is -2.26. The molecule has 0 atom stereocenters. The number of benzene rings is 7. The summed E-state index contributed by atoms with van der Waals surface area (Å²) in [6, 6.07) is 55.7. The van der Waals surface area contributed by atoms with Gasteiger partial charge in [-0.1, -0.05) is 135 Å². The number of anilines is 3. The van der Waals surface area contributed by atoms with Crippen LogP contribution in [0.3, 0.4) is 0 Å². The van der Waals surface area contributed by atoms with E-state index in [4.69, 9.17) is 0 Å². The molecule has 0 spiro atoms. The first-order valence-corrected chi connectivity index (χ1v) is 16.4. The van der Waals surface area contributed by atoms with Gasteiger partial charge in [-0.05, 0) is 74.5 Å². The van der Waals surface area contributed by atoms with Gasteiger partial charge < -0.3 is 4.90 Å². The van der Waals surface area contributed by atoms with Gasteiger partial charge in [0.25, 0.3) is 0 Å². The van der Waals surface area contributed by atoms with Gasteiger partial charge in [-0.3, -0.25) is 0 Å². The van der Waals surface area contributed by atoms with E-state index in [0.717, 1.165) is 11.4 Å². The van der Waals surface area contributed by atoms with Crippen molar-refractivity contribution in [3.8, 4) is 22.3 Å². The molecule has 0 saturated carbocycles. The Balaban J connectivity index is 1.21. The molecule has 1 aliphatic rings. The lowest BCUT2D eigenvalue weighted by molar-refractivity contribution is 0.660. The van der Waals surface area contributed by atoms with Crippen molar-refractivity contribution in [2.24, 2.45) is 0 Å². The Bertz CT molecular complexity index is 2400. The minimum atomic E-state index is -0.0136. The third-order valence-corrected chi connectivity index (χ3v) is 10.9. The molecular formula is C43H31NS. The zero-order valence-corrected chi connectivity index (χ0v) is 26.1. The van der Waals surface area contributed by atoms with E-state index in [2.05, 4.69) is 170 Å². The van der Waals surface area contributed by atoms with Crippen LogP contribution < -0.4 is 4.90 Å². The molecule has 45 heavy (non-hydrogen) atoms. The number of fused-ring (bicyclic) bond motifs is 8. The Morgan fingerprint density at radius 2 is 1.11 bits per heavy atom. The van der Waals surface area contributed by atoms with Gasteiger partial charge in [-0.25, -0.2) is 0 Å². The summed E-state index contributed by atoms with van der Waals surface area (Å²) in [6.07, 6.45) is 0. The highest BCUT2D eigenvalue weighted by atomic mass is 32.1. The van der Waals surface area contributed by atoms with E-state index in [1.807, 2.05) is 11.3 Å². The van der Waals surface area contributed by atoms with Gasteiger partial charge in [-0.15, -0.1) is 11.3 Å². The van der Waals surface area contributed by atoms with Crippen molar-refractivity contribution < 1.29 is 0 Å². The van der Waals surface area contributed by atoms with Crippen LogP contribution in [0.25, 0.3) is 53.2 Å². The number of nitrogens with zero attached hydrogens (tertiary/aromatic N) is 1. The number of thiophene rings is 1. The minimum absolute atomic E-state index is 0.0136. The van der Waals surface area contributed by atoms with E-state index in [-0.39, 0.29) is 5.41 Å². The minimum Gasteiger partial charge on any atom is -0.309 e. The van der Waals surface area contributed by atoms with Gasteiger partial charge in [0, 0.05) is 32.3 Å². The summed E-state index contributed by atoms with van der Waals surface area (Å²) in [7, 11) is 0. The predicted octanol–water partition coefficient (Wildman–Crippen LogP) is 12.7. The molecule has 0 aliphatic heterocycles. The Labute approximate surface area is 267 Å². The van der Waals surface area contributed by atoms with Crippen molar-refractivity contribution in [1.82, 2.24) is 0 Å². The SMILES string of the molecule is CC1(C)c2ccccc2-c2c(-c3ccc(N(c4ccccc4)c4cccc5c4sc4c6ccccc6ccc54)cc3)cccc21. The Kier molecular flexibility index (Phi) is 5.78. The third kappa shape index (κ3) is 3.92. The standard InChI is InChI=1S/C43H31NS/c1-43(2)37-19-9-8-16-36(37)40-32(17-10-20-38(40)43)29-22-25-31(26-23-29)44(30-13-4-3-5-14-30)39-21-11-18-34-35-27-24-28-12-6-7-15-33(28)41(35)45-42(34)39/h3-27H,1-2H3. The molecule has 1 aliphatic carbocycles. The predicted molar refractivity (Wildman–Crippen MR) is 195 cm³/mol. The van der Waals surface area contributed by atoms with Gasteiger partial charge in [0.15, 0.2) is 0 Å². The fraction of sp³-hybridized carbons (Fsp3) is 0.0698. The summed E-state index contributed by atoms with van der Waals surface area (Å²) in [5.41, 5.74) is 11.5. The van der Waals surface area contributed by atoms with Crippen LogP contribution in [0.5, 0.6) is 0 Å². The van der Waals surface area contributed by atoms with E-state index >= 15 is 0 Å². The largest absolute Gasteiger partial charge is 0.309 e. The molecule has 2 heteroatoms. The van der Waals surface area contributed by atoms with Gasteiger partial charge in [-0.2, -0.15) is 0 Å². The van der Waals surface area contributed by atoms with Crippen molar-refractivity contribution in [2.75, 3.05) is 4.90 Å². The highest BCUT2D eigenvalue weighted by Crippen LogP contribution is 2.52. The van der Waals surface area contributed by atoms with Crippen molar-refractivity contribution in [1.29, 1.82) is 0 Å². The second-order valence-electron chi connectivity index (χ2n) is 12.5. The number of hydrogen-bond donors (Lipinski definition) is 0. The smallest absolute Gasteiger partial charge is 0.0640 e. The first-order valence-electron chi connectivity index (χ1n) is 15.6. The van der Waals surface area contributed by atoms with Crippen molar-refractivity contribution >= 4 is 59.3 Å². The van der Waals surface area contributed by atoms with E-state index in [9.17, 15) is 0 Å². The summed E-state index contributed by atoms with van der Waals surface area (Å²) < 4.78 is 2.65. The molecule has 0 bridgehead atoms. The molecule has 0 radical (unpaired) electrons. The summed E-state index contributed by atoms with van der Waals surface area (Å²) in [5, 5.41) is 5.22. The van der Waals surface area contributed by atoms with Gasteiger partial charge in [0.05, 0.1) is 10.4 Å². The van der Waals surface area contributed by atoms with E-state index in [0.29, 0.717) is 0 Å². The zero-order valence-electron chi connectivity index (χ0n) is 25.3. The first-order chi connectivity index (χ1) is 22.1. The Morgan fingerprint density at radius 1 is 0.467 bits per heavy atom. The fourth-order valence-corrected chi connectivity index (χ4v) is 8.82. The number of hydrogen-bond acceptors (Lipinski definition) is 2. The molecule has 1 nitrogen and oxygen atoms in total. The molecule has 8 aromatic rings. The average Bonchev–Trinajstić information content (AvgIpc) is 3.59. The summed E-state index contributed by atoms with van der Waals surface area (Å²) in [4.78, 5) is 2.41. The third-order valence-electron chi connectivity index (χ3n) is 9.67. The van der Waals surface area contributed by atoms with Gasteiger partial charge in [0.2, 0.25) is 0 Å². The average molecular weight is 594 g/mol. The van der Waals surface area contributed by atoms with Crippen molar-refractivity contribution in [3.05, 3.63) is 163 Å². The summed E-state index contributed by atoms with van der Waals surface area (Å²) in [6.45, 7) is 4.69. The van der Waals surface area contributed by atoms with Crippen LogP contribution in [0.2, 0.25) is 0 Å². The number of para-hydroxylation sites is 1. The lowest BCUT2D eigenvalue weighted by atomic mass is 9.82. The van der Waals surface area contributed by atoms with Crippen LogP contribution >= 0.6 is 11.3 Å². The molecule has 0 N–H and O–H groups in total. The fourth-order valence-electron chi connectivity index (χ4n) is 7.48. The highest BCUT2D eigenvalue weighted by molar-refractivity contribution is 7.27. The lowest BCUT2D eigenvalue weighted by Crippen LogP contribution is -2.14. The second-order valence-corrected chi connectivity index (χ2v) is 13.6. The normalized spacial score (nSPS) is 13.3. The molecule has 1 heterocycles. The molecule has 0 fully saturated rings. The Morgan fingerprint density at radius 3 is 1.98 bits per heavy atom. The van der Waals surface area contributed by atoms with Crippen molar-refractivity contribution in [2.45, 2.75) is 19.3 Å². The monoisotopic (exact) mass is 593 g/mol. The van der Waals surface area contributed by atoms with Crippen LogP contribution in [-0.2, 0) is 5.41 Å². The quantitative estimate of drug-likeness (QED) is 0.196. The van der Waals surface area contributed by atoms with Crippen LogP contribution in [0.4, 0.5) is 17.1 Å². The molecular weight excluding hydrogens is 563 g/mol.